The van der Waals surface area contributed by atoms with Gasteiger partial charge in [-0.1, -0.05) is 19.1 Å². The van der Waals surface area contributed by atoms with Crippen LogP contribution in [0.5, 0.6) is 0 Å². The van der Waals surface area contributed by atoms with Crippen molar-refractivity contribution in [2.45, 2.75) is 59.4 Å². The quantitative estimate of drug-likeness (QED) is 0.607. The summed E-state index contributed by atoms with van der Waals surface area (Å²) in [4.78, 5) is 7.21. The molecule has 0 spiro atoms. The maximum atomic E-state index is 4.78. The summed E-state index contributed by atoms with van der Waals surface area (Å²) in [6.07, 6.45) is 3.21. The number of anilines is 1. The van der Waals surface area contributed by atoms with Crippen LogP contribution in [0, 0.1) is 20.8 Å². The maximum Gasteiger partial charge on any atom is 0.0661 e. The number of aryl methyl sites for hydroxylation is 3. The predicted molar refractivity (Wildman–Crippen MR) is 110 cm³/mol. The van der Waals surface area contributed by atoms with Crippen molar-refractivity contribution in [3.63, 3.8) is 0 Å². The SMILES string of the molecule is Cc1ccc(C)c(N=Cc2cc3c(cc2C)N(C)C(C)(C)CC3C)c1. The second-order valence-corrected chi connectivity index (χ2v) is 8.29. The molecule has 1 aliphatic rings. The normalized spacial score (nSPS) is 19.3. The zero-order chi connectivity index (χ0) is 18.4. The monoisotopic (exact) mass is 334 g/mol. The minimum atomic E-state index is 0.202. The molecular formula is C23H30N2. The Hall–Kier alpha value is -2.09. The molecule has 2 aromatic rings. The van der Waals surface area contributed by atoms with E-state index in [1.54, 1.807) is 0 Å². The standard InChI is InChI=1S/C23H30N2/c1-15-8-9-16(2)21(10-15)24-14-19-12-20-18(4)13-23(5,6)25(7)22(20)11-17(19)3/h8-12,14,18H,13H2,1-7H3. The minimum absolute atomic E-state index is 0.202. The number of aliphatic imine (C=N–C) groups is 1. The number of hydrogen-bond acceptors (Lipinski definition) is 2. The third-order valence-electron chi connectivity index (χ3n) is 5.73. The molecule has 1 heterocycles. The smallest absolute Gasteiger partial charge is 0.0661 e. The highest BCUT2D eigenvalue weighted by molar-refractivity contribution is 5.86. The van der Waals surface area contributed by atoms with Gasteiger partial charge in [0.1, 0.15) is 0 Å². The highest BCUT2D eigenvalue weighted by Crippen LogP contribution is 2.43. The van der Waals surface area contributed by atoms with Crippen LogP contribution in [0.25, 0.3) is 0 Å². The van der Waals surface area contributed by atoms with Crippen LogP contribution in [0.2, 0.25) is 0 Å². The molecule has 0 saturated heterocycles. The molecular weight excluding hydrogens is 304 g/mol. The van der Waals surface area contributed by atoms with Crippen molar-refractivity contribution >= 4 is 17.6 Å². The Balaban J connectivity index is 2.01. The van der Waals surface area contributed by atoms with Gasteiger partial charge in [0.25, 0.3) is 0 Å². The summed E-state index contributed by atoms with van der Waals surface area (Å²) in [6.45, 7) is 13.4. The average molecular weight is 335 g/mol. The van der Waals surface area contributed by atoms with Crippen molar-refractivity contribution < 1.29 is 0 Å². The second kappa shape index (κ2) is 6.33. The number of hydrogen-bond donors (Lipinski definition) is 0. The Morgan fingerprint density at radius 2 is 1.80 bits per heavy atom. The summed E-state index contributed by atoms with van der Waals surface area (Å²) in [7, 11) is 2.22. The summed E-state index contributed by atoms with van der Waals surface area (Å²) in [5.74, 6) is 0.564. The van der Waals surface area contributed by atoms with Crippen LogP contribution >= 0.6 is 0 Å². The molecule has 2 nitrogen and oxygen atoms in total. The van der Waals surface area contributed by atoms with E-state index < -0.39 is 0 Å². The first-order valence-electron chi connectivity index (χ1n) is 9.19. The molecule has 2 aromatic carbocycles. The molecule has 2 heteroatoms. The molecule has 0 aliphatic carbocycles. The Bertz CT molecular complexity index is 830. The summed E-state index contributed by atoms with van der Waals surface area (Å²) in [5, 5.41) is 0. The zero-order valence-corrected chi connectivity index (χ0v) is 16.6. The molecule has 25 heavy (non-hydrogen) atoms. The van der Waals surface area contributed by atoms with E-state index in [0.29, 0.717) is 5.92 Å². The van der Waals surface area contributed by atoms with E-state index in [1.165, 1.54) is 39.9 Å². The Morgan fingerprint density at radius 3 is 2.52 bits per heavy atom. The fraction of sp³-hybridized carbons (Fsp3) is 0.435. The molecule has 1 aliphatic heterocycles. The van der Waals surface area contributed by atoms with Crippen LogP contribution in [0.4, 0.5) is 11.4 Å². The number of rotatable bonds is 2. The van der Waals surface area contributed by atoms with Gasteiger partial charge in [-0.2, -0.15) is 0 Å². The lowest BCUT2D eigenvalue weighted by Gasteiger charge is -2.45. The van der Waals surface area contributed by atoms with E-state index >= 15 is 0 Å². The van der Waals surface area contributed by atoms with Gasteiger partial charge in [-0.3, -0.25) is 4.99 Å². The maximum absolute atomic E-state index is 4.78. The lowest BCUT2D eigenvalue weighted by molar-refractivity contribution is 0.395. The zero-order valence-electron chi connectivity index (χ0n) is 16.6. The van der Waals surface area contributed by atoms with E-state index in [0.717, 1.165) is 5.69 Å². The van der Waals surface area contributed by atoms with Gasteiger partial charge < -0.3 is 4.90 Å². The van der Waals surface area contributed by atoms with Crippen LogP contribution in [-0.4, -0.2) is 18.8 Å². The number of nitrogens with zero attached hydrogens (tertiary/aromatic N) is 2. The van der Waals surface area contributed by atoms with Crippen LogP contribution in [0.1, 0.15) is 60.9 Å². The predicted octanol–water partition coefficient (Wildman–Crippen LogP) is 6.08. The summed E-state index contributed by atoms with van der Waals surface area (Å²) < 4.78 is 0. The van der Waals surface area contributed by atoms with Gasteiger partial charge in [-0.05, 0) is 93.0 Å². The largest absolute Gasteiger partial charge is 0.369 e. The second-order valence-electron chi connectivity index (χ2n) is 8.29. The first-order valence-corrected chi connectivity index (χ1v) is 9.19. The van der Waals surface area contributed by atoms with E-state index in [2.05, 4.69) is 83.8 Å². The van der Waals surface area contributed by atoms with Gasteiger partial charge in [0.2, 0.25) is 0 Å². The average Bonchev–Trinajstić information content (AvgIpc) is 2.54. The van der Waals surface area contributed by atoms with Gasteiger partial charge in [0.05, 0.1) is 5.69 Å². The van der Waals surface area contributed by atoms with Crippen LogP contribution in [-0.2, 0) is 0 Å². The fourth-order valence-electron chi connectivity index (χ4n) is 3.87. The lowest BCUT2D eigenvalue weighted by Crippen LogP contribution is -2.45. The van der Waals surface area contributed by atoms with Crippen molar-refractivity contribution in [2.75, 3.05) is 11.9 Å². The molecule has 132 valence electrons. The van der Waals surface area contributed by atoms with E-state index in [1.807, 2.05) is 6.21 Å². The molecule has 0 saturated carbocycles. The van der Waals surface area contributed by atoms with E-state index in [9.17, 15) is 0 Å². The van der Waals surface area contributed by atoms with Crippen LogP contribution < -0.4 is 4.90 Å². The molecule has 0 amide bonds. The van der Waals surface area contributed by atoms with E-state index in [4.69, 9.17) is 4.99 Å². The van der Waals surface area contributed by atoms with Crippen molar-refractivity contribution in [1.82, 2.24) is 0 Å². The Kier molecular flexibility index (Phi) is 4.49. The van der Waals surface area contributed by atoms with Gasteiger partial charge in [-0.15, -0.1) is 0 Å². The number of fused-ring (bicyclic) bond motifs is 1. The first-order chi connectivity index (χ1) is 11.7. The van der Waals surface area contributed by atoms with Gasteiger partial charge >= 0.3 is 0 Å². The molecule has 0 radical (unpaired) electrons. The first kappa shape index (κ1) is 17.7. The van der Waals surface area contributed by atoms with Crippen molar-refractivity contribution in [3.05, 3.63) is 58.1 Å². The Morgan fingerprint density at radius 1 is 1.08 bits per heavy atom. The summed E-state index contributed by atoms with van der Waals surface area (Å²) in [5.41, 5.74) is 9.03. The van der Waals surface area contributed by atoms with Gasteiger partial charge in [0.15, 0.2) is 0 Å². The highest BCUT2D eigenvalue weighted by Gasteiger charge is 2.34. The van der Waals surface area contributed by atoms with Crippen molar-refractivity contribution in [2.24, 2.45) is 4.99 Å². The molecule has 1 atom stereocenters. The summed E-state index contributed by atoms with van der Waals surface area (Å²) >= 11 is 0. The fourth-order valence-corrected chi connectivity index (χ4v) is 3.87. The number of benzene rings is 2. The molecule has 1 unspecified atom stereocenters. The highest BCUT2D eigenvalue weighted by atomic mass is 15.2. The molecule has 0 bridgehead atoms. The Labute approximate surface area is 152 Å². The van der Waals surface area contributed by atoms with Crippen LogP contribution in [0.15, 0.2) is 35.3 Å². The van der Waals surface area contributed by atoms with Gasteiger partial charge in [0, 0.05) is 24.5 Å². The topological polar surface area (TPSA) is 15.6 Å². The molecule has 0 fully saturated rings. The molecule has 3 rings (SSSR count). The van der Waals surface area contributed by atoms with Crippen LogP contribution in [0.3, 0.4) is 0 Å². The third-order valence-corrected chi connectivity index (χ3v) is 5.73. The van der Waals surface area contributed by atoms with E-state index in [-0.39, 0.29) is 5.54 Å². The summed E-state index contributed by atoms with van der Waals surface area (Å²) in [6, 6.07) is 11.1. The van der Waals surface area contributed by atoms with Gasteiger partial charge in [-0.25, -0.2) is 0 Å². The lowest BCUT2D eigenvalue weighted by atomic mass is 9.79. The third kappa shape index (κ3) is 3.35. The molecule has 0 aromatic heterocycles. The minimum Gasteiger partial charge on any atom is -0.369 e. The van der Waals surface area contributed by atoms with Crippen molar-refractivity contribution in [3.8, 4) is 0 Å². The van der Waals surface area contributed by atoms with Crippen molar-refractivity contribution in [1.29, 1.82) is 0 Å². The molecule has 0 N–H and O–H groups in total.